The van der Waals surface area contributed by atoms with E-state index in [0.717, 1.165) is 17.7 Å². The van der Waals surface area contributed by atoms with E-state index in [4.69, 9.17) is 5.26 Å². The molecule has 1 heterocycles. The van der Waals surface area contributed by atoms with Gasteiger partial charge in [-0.2, -0.15) is 5.26 Å². The number of aryl methyl sites for hydroxylation is 1. The van der Waals surface area contributed by atoms with Gasteiger partial charge in [0.2, 0.25) is 0 Å². The SMILES string of the molecule is Cn1cc(CNc2ccc(F)cc2[N+](=O)[O-])cc1C#N. The summed E-state index contributed by atoms with van der Waals surface area (Å²) in [5, 5.41) is 22.6. The number of nitro benzene ring substituents is 1. The minimum atomic E-state index is -0.659. The average molecular weight is 274 g/mol. The van der Waals surface area contributed by atoms with Crippen LogP contribution in [0, 0.1) is 27.3 Å². The van der Waals surface area contributed by atoms with Gasteiger partial charge in [-0.1, -0.05) is 0 Å². The third-order valence-electron chi connectivity index (χ3n) is 2.82. The molecule has 0 amide bonds. The average Bonchev–Trinajstić information content (AvgIpc) is 2.77. The molecular formula is C13H11FN4O2. The first-order valence-corrected chi connectivity index (χ1v) is 5.74. The van der Waals surface area contributed by atoms with Crippen LogP contribution in [-0.2, 0) is 13.6 Å². The molecule has 0 fully saturated rings. The molecule has 1 aromatic carbocycles. The second-order valence-corrected chi connectivity index (χ2v) is 4.23. The number of nitriles is 1. The van der Waals surface area contributed by atoms with Crippen LogP contribution in [0.25, 0.3) is 0 Å². The van der Waals surface area contributed by atoms with Gasteiger partial charge in [-0.05, 0) is 23.8 Å². The summed E-state index contributed by atoms with van der Waals surface area (Å²) in [6, 6.07) is 7.06. The Bertz CT molecular complexity index is 703. The number of nitrogens with one attached hydrogen (secondary N) is 1. The number of hydrogen-bond donors (Lipinski definition) is 1. The van der Waals surface area contributed by atoms with Crippen molar-refractivity contribution in [2.45, 2.75) is 6.54 Å². The van der Waals surface area contributed by atoms with Crippen LogP contribution < -0.4 is 5.32 Å². The maximum atomic E-state index is 13.0. The number of hydrogen-bond acceptors (Lipinski definition) is 4. The smallest absolute Gasteiger partial charge is 0.295 e. The van der Waals surface area contributed by atoms with Crippen LogP contribution in [0.4, 0.5) is 15.8 Å². The van der Waals surface area contributed by atoms with Gasteiger partial charge in [-0.3, -0.25) is 10.1 Å². The van der Waals surface area contributed by atoms with Crippen molar-refractivity contribution in [1.82, 2.24) is 4.57 Å². The predicted octanol–water partition coefficient (Wildman–Crippen LogP) is 2.56. The number of benzene rings is 1. The van der Waals surface area contributed by atoms with E-state index in [0.29, 0.717) is 12.2 Å². The molecule has 6 nitrogen and oxygen atoms in total. The molecule has 0 radical (unpaired) electrons. The monoisotopic (exact) mass is 274 g/mol. The Morgan fingerprint density at radius 1 is 1.50 bits per heavy atom. The summed E-state index contributed by atoms with van der Waals surface area (Å²) in [7, 11) is 1.74. The van der Waals surface area contributed by atoms with Crippen molar-refractivity contribution in [3.05, 3.63) is 57.7 Å². The third-order valence-corrected chi connectivity index (χ3v) is 2.82. The van der Waals surface area contributed by atoms with E-state index in [2.05, 4.69) is 5.32 Å². The largest absolute Gasteiger partial charge is 0.375 e. The van der Waals surface area contributed by atoms with Gasteiger partial charge >= 0.3 is 0 Å². The summed E-state index contributed by atoms with van der Waals surface area (Å²) in [4.78, 5) is 10.2. The summed E-state index contributed by atoms with van der Waals surface area (Å²) in [5.41, 5.74) is 1.22. The summed E-state index contributed by atoms with van der Waals surface area (Å²) >= 11 is 0. The molecule has 0 saturated carbocycles. The van der Waals surface area contributed by atoms with E-state index in [9.17, 15) is 14.5 Å². The lowest BCUT2D eigenvalue weighted by Crippen LogP contribution is -2.02. The van der Waals surface area contributed by atoms with Crippen LogP contribution in [0.1, 0.15) is 11.3 Å². The van der Waals surface area contributed by atoms with Gasteiger partial charge in [0.1, 0.15) is 23.3 Å². The quantitative estimate of drug-likeness (QED) is 0.686. The van der Waals surface area contributed by atoms with Crippen LogP contribution in [0.5, 0.6) is 0 Å². The van der Waals surface area contributed by atoms with Crippen LogP contribution in [0.2, 0.25) is 0 Å². The van der Waals surface area contributed by atoms with Crippen molar-refractivity contribution in [2.75, 3.05) is 5.32 Å². The Morgan fingerprint density at radius 3 is 2.85 bits per heavy atom. The van der Waals surface area contributed by atoms with E-state index < -0.39 is 10.7 Å². The van der Waals surface area contributed by atoms with Gasteiger partial charge in [0.15, 0.2) is 0 Å². The molecule has 0 aliphatic rings. The molecule has 20 heavy (non-hydrogen) atoms. The molecular weight excluding hydrogens is 263 g/mol. The standard InChI is InChI=1S/C13H11FN4O2/c1-17-8-9(4-11(17)6-15)7-16-12-3-2-10(14)5-13(12)18(19)20/h2-5,8,16H,7H2,1H3. The number of aromatic nitrogens is 1. The normalized spacial score (nSPS) is 10.1. The lowest BCUT2D eigenvalue weighted by molar-refractivity contribution is -0.384. The van der Waals surface area contributed by atoms with Crippen molar-refractivity contribution in [3.8, 4) is 6.07 Å². The van der Waals surface area contributed by atoms with Gasteiger partial charge in [0.05, 0.1) is 11.0 Å². The number of halogens is 1. The summed E-state index contributed by atoms with van der Waals surface area (Å²) in [6.45, 7) is 0.308. The van der Waals surface area contributed by atoms with Crippen molar-refractivity contribution in [2.24, 2.45) is 7.05 Å². The highest BCUT2D eigenvalue weighted by Gasteiger charge is 2.14. The van der Waals surface area contributed by atoms with Crippen LogP contribution in [0.15, 0.2) is 30.5 Å². The fourth-order valence-corrected chi connectivity index (χ4v) is 1.84. The van der Waals surface area contributed by atoms with Gasteiger partial charge in [0.25, 0.3) is 5.69 Å². The van der Waals surface area contributed by atoms with E-state index in [-0.39, 0.29) is 11.4 Å². The zero-order chi connectivity index (χ0) is 14.7. The fourth-order valence-electron chi connectivity index (χ4n) is 1.84. The Morgan fingerprint density at radius 2 is 2.25 bits per heavy atom. The maximum absolute atomic E-state index is 13.0. The van der Waals surface area contributed by atoms with Crippen molar-refractivity contribution in [3.63, 3.8) is 0 Å². The van der Waals surface area contributed by atoms with Crippen LogP contribution >= 0.6 is 0 Å². The molecule has 1 N–H and O–H groups in total. The highest BCUT2D eigenvalue weighted by Crippen LogP contribution is 2.25. The number of nitrogens with zero attached hydrogens (tertiary/aromatic N) is 3. The molecule has 1 aromatic heterocycles. The molecule has 2 rings (SSSR count). The molecule has 7 heteroatoms. The minimum Gasteiger partial charge on any atom is -0.375 e. The Hall–Kier alpha value is -2.88. The zero-order valence-corrected chi connectivity index (χ0v) is 10.6. The lowest BCUT2D eigenvalue weighted by Gasteiger charge is -2.05. The van der Waals surface area contributed by atoms with Gasteiger partial charge < -0.3 is 9.88 Å². The molecule has 0 atom stereocenters. The van der Waals surface area contributed by atoms with E-state index >= 15 is 0 Å². The first-order valence-electron chi connectivity index (χ1n) is 5.74. The molecule has 0 spiro atoms. The van der Waals surface area contributed by atoms with Crippen molar-refractivity contribution in [1.29, 1.82) is 5.26 Å². The van der Waals surface area contributed by atoms with E-state index in [1.54, 1.807) is 23.9 Å². The molecule has 2 aromatic rings. The highest BCUT2D eigenvalue weighted by atomic mass is 19.1. The first-order chi connectivity index (χ1) is 9.51. The van der Waals surface area contributed by atoms with Crippen LogP contribution in [0.3, 0.4) is 0 Å². The summed E-state index contributed by atoms with van der Waals surface area (Å²) in [6.07, 6.45) is 1.75. The van der Waals surface area contributed by atoms with Crippen LogP contribution in [-0.4, -0.2) is 9.49 Å². The fraction of sp³-hybridized carbons (Fsp3) is 0.154. The molecule has 0 bridgehead atoms. The van der Waals surface area contributed by atoms with E-state index in [1.165, 1.54) is 6.07 Å². The molecule has 0 aliphatic heterocycles. The van der Waals surface area contributed by atoms with Crippen molar-refractivity contribution >= 4 is 11.4 Å². The molecule has 0 saturated heterocycles. The molecule has 0 aliphatic carbocycles. The number of rotatable bonds is 4. The maximum Gasteiger partial charge on any atom is 0.295 e. The first kappa shape index (κ1) is 13.5. The second-order valence-electron chi connectivity index (χ2n) is 4.23. The topological polar surface area (TPSA) is 83.9 Å². The van der Waals surface area contributed by atoms with Gasteiger partial charge in [-0.15, -0.1) is 0 Å². The third kappa shape index (κ3) is 2.75. The lowest BCUT2D eigenvalue weighted by atomic mass is 10.2. The Balaban J connectivity index is 2.18. The Labute approximate surface area is 114 Å². The number of anilines is 1. The van der Waals surface area contributed by atoms with Gasteiger partial charge in [-0.25, -0.2) is 4.39 Å². The highest BCUT2D eigenvalue weighted by molar-refractivity contribution is 5.61. The van der Waals surface area contributed by atoms with Gasteiger partial charge in [0, 0.05) is 19.8 Å². The van der Waals surface area contributed by atoms with Crippen molar-refractivity contribution < 1.29 is 9.31 Å². The second kappa shape index (κ2) is 5.40. The summed E-state index contributed by atoms with van der Waals surface area (Å²) in [5.74, 6) is -0.659. The summed E-state index contributed by atoms with van der Waals surface area (Å²) < 4.78 is 14.7. The number of nitro groups is 1. The Kier molecular flexibility index (Phi) is 3.66. The molecule has 0 unspecified atom stereocenters. The minimum absolute atomic E-state index is 0.235. The van der Waals surface area contributed by atoms with E-state index in [1.807, 2.05) is 6.07 Å². The molecule has 102 valence electrons. The predicted molar refractivity (Wildman–Crippen MR) is 70.5 cm³/mol. The zero-order valence-electron chi connectivity index (χ0n) is 10.6.